The summed E-state index contributed by atoms with van der Waals surface area (Å²) in [6, 6.07) is 14.7. The average Bonchev–Trinajstić information content (AvgIpc) is 2.88. The Bertz CT molecular complexity index is 1050. The number of allylic oxidation sites excluding steroid dienone is 2. The summed E-state index contributed by atoms with van der Waals surface area (Å²) in [7, 11) is 0. The van der Waals surface area contributed by atoms with Crippen molar-refractivity contribution in [3.63, 3.8) is 0 Å². The summed E-state index contributed by atoms with van der Waals surface area (Å²) in [5, 5.41) is 8.35. The molecule has 0 aromatic heterocycles. The number of likely N-dealkylation sites (tertiary alicyclic amines) is 1. The van der Waals surface area contributed by atoms with Gasteiger partial charge in [-0.05, 0) is 87.5 Å². The van der Waals surface area contributed by atoms with Gasteiger partial charge in [0.1, 0.15) is 0 Å². The molecule has 2 aromatic rings. The molecule has 1 saturated heterocycles. The van der Waals surface area contributed by atoms with E-state index in [-0.39, 0.29) is 32.7 Å². The number of nitrogens with one attached hydrogen (secondary N) is 2. The molecule has 1 fully saturated rings. The minimum absolute atomic E-state index is 0. The first kappa shape index (κ1) is 31.5. The van der Waals surface area contributed by atoms with Gasteiger partial charge in [-0.25, -0.2) is 6.54 Å². The number of nitrogens with zero attached hydrogens (tertiary/aromatic N) is 2. The molecule has 0 unspecified atom stereocenters. The van der Waals surface area contributed by atoms with Gasteiger partial charge in [-0.2, -0.15) is 5.10 Å². The minimum atomic E-state index is 0. The largest absolute Gasteiger partial charge is 0.535 e. The predicted octanol–water partition coefficient (Wildman–Crippen LogP) is 7.37. The van der Waals surface area contributed by atoms with E-state index < -0.39 is 0 Å². The zero-order valence-corrected chi connectivity index (χ0v) is 26.0. The minimum Gasteiger partial charge on any atom is -0.535 e. The SMILES string of the molecule is C=CN/N=C\C(CCCN1CCCCC1)=C(/C)c1ccc(C[CH-]NC(=C)c2c(C)cccc2Cl)cc1.[Y]. The Morgan fingerprint density at radius 2 is 1.86 bits per heavy atom. The van der Waals surface area contributed by atoms with Crippen LogP contribution < -0.4 is 10.7 Å². The molecule has 1 radical (unpaired) electrons. The van der Waals surface area contributed by atoms with Crippen molar-refractivity contribution in [1.29, 1.82) is 0 Å². The normalized spacial score (nSPS) is 14.6. The van der Waals surface area contributed by atoms with Crippen molar-refractivity contribution in [1.82, 2.24) is 15.6 Å². The molecular weight excluding hydrogens is 553 g/mol. The van der Waals surface area contributed by atoms with Crippen molar-refractivity contribution < 1.29 is 32.7 Å². The second-order valence-electron chi connectivity index (χ2n) is 9.41. The Labute approximate surface area is 254 Å². The van der Waals surface area contributed by atoms with Crippen LogP contribution in [-0.2, 0) is 39.1 Å². The van der Waals surface area contributed by atoms with Crippen LogP contribution in [0.2, 0.25) is 5.02 Å². The van der Waals surface area contributed by atoms with Gasteiger partial charge in [-0.15, -0.1) is 6.42 Å². The Morgan fingerprint density at radius 1 is 1.14 bits per heavy atom. The second-order valence-corrected chi connectivity index (χ2v) is 9.81. The van der Waals surface area contributed by atoms with Crippen LogP contribution in [-0.4, -0.2) is 30.7 Å². The predicted molar refractivity (Wildman–Crippen MR) is 157 cm³/mol. The van der Waals surface area contributed by atoms with Crippen LogP contribution in [0.25, 0.3) is 11.3 Å². The first-order chi connectivity index (χ1) is 17.5. The maximum atomic E-state index is 6.36. The number of hydrogen-bond donors (Lipinski definition) is 2. The average molecular weight is 593 g/mol. The Morgan fingerprint density at radius 3 is 2.54 bits per heavy atom. The van der Waals surface area contributed by atoms with Gasteiger partial charge in [0.25, 0.3) is 0 Å². The maximum Gasteiger partial charge on any atom is 0.0506 e. The van der Waals surface area contributed by atoms with Crippen LogP contribution in [0, 0.1) is 13.5 Å². The smallest absolute Gasteiger partial charge is 0.0506 e. The van der Waals surface area contributed by atoms with E-state index >= 15 is 0 Å². The molecule has 1 aliphatic heterocycles. The zero-order chi connectivity index (χ0) is 25.8. The van der Waals surface area contributed by atoms with Crippen molar-refractivity contribution in [2.75, 3.05) is 19.6 Å². The fourth-order valence-electron chi connectivity index (χ4n) is 4.65. The third kappa shape index (κ3) is 10.2. The van der Waals surface area contributed by atoms with Crippen molar-refractivity contribution >= 4 is 29.1 Å². The van der Waals surface area contributed by atoms with E-state index in [2.05, 4.69) is 65.1 Å². The summed E-state index contributed by atoms with van der Waals surface area (Å²) in [6.45, 7) is 17.7. The van der Waals surface area contributed by atoms with E-state index in [1.54, 1.807) is 6.20 Å². The molecular formula is C31H40ClN4Y-. The van der Waals surface area contributed by atoms with Gasteiger partial charge in [0.2, 0.25) is 0 Å². The van der Waals surface area contributed by atoms with Gasteiger partial charge in [0.05, 0.1) is 11.2 Å². The van der Waals surface area contributed by atoms with E-state index in [4.69, 9.17) is 11.6 Å². The van der Waals surface area contributed by atoms with E-state index in [0.29, 0.717) is 5.02 Å². The standard InChI is InChI=1S/C31H40ClN4.Y/c1-5-34-35-23-29(12-10-22-36-20-7-6-8-21-36)25(3)28-16-14-27(15-17-28)18-19-33-26(4)31-24(2)11-9-13-30(31)32;/h5,9,11,13-17,19,23,33-34H,1,4,6-8,10,12,18,20-22H2,2-3H3;/q-1;/b29-25+,35-23-;. The topological polar surface area (TPSA) is 39.7 Å². The molecule has 1 aliphatic rings. The number of rotatable bonds is 13. The van der Waals surface area contributed by atoms with Crippen molar-refractivity contribution in [3.8, 4) is 0 Å². The van der Waals surface area contributed by atoms with Crippen LogP contribution in [0.1, 0.15) is 61.3 Å². The Balaban J connectivity index is 0.00000481. The van der Waals surface area contributed by atoms with E-state index in [1.807, 2.05) is 37.9 Å². The quantitative estimate of drug-likeness (QED) is 0.145. The molecule has 2 N–H and O–H groups in total. The number of halogens is 1. The first-order valence-electron chi connectivity index (χ1n) is 12.9. The van der Waals surface area contributed by atoms with Gasteiger partial charge in [0, 0.05) is 50.2 Å². The fourth-order valence-corrected chi connectivity index (χ4v) is 4.98. The molecule has 3 rings (SSSR count). The first-order valence-corrected chi connectivity index (χ1v) is 13.3. The molecule has 0 spiro atoms. The molecule has 4 nitrogen and oxygen atoms in total. The van der Waals surface area contributed by atoms with Crippen molar-refractivity contribution in [3.05, 3.63) is 101 Å². The summed E-state index contributed by atoms with van der Waals surface area (Å²) in [4.78, 5) is 2.59. The maximum absolute atomic E-state index is 6.36. The van der Waals surface area contributed by atoms with Gasteiger partial charge in [0.15, 0.2) is 0 Å². The molecule has 0 bridgehead atoms. The number of piperidine rings is 1. The summed E-state index contributed by atoms with van der Waals surface area (Å²) in [5.41, 5.74) is 10.7. The third-order valence-corrected chi connectivity index (χ3v) is 7.08. The fraction of sp³-hybridized carbons (Fsp3) is 0.355. The summed E-state index contributed by atoms with van der Waals surface area (Å²) >= 11 is 6.36. The number of aryl methyl sites for hydroxylation is 1. The Hall–Kier alpha value is -1.72. The van der Waals surface area contributed by atoms with Crippen LogP contribution in [0.4, 0.5) is 0 Å². The summed E-state index contributed by atoms with van der Waals surface area (Å²) in [6.07, 6.45) is 10.5. The van der Waals surface area contributed by atoms with Gasteiger partial charge < -0.3 is 10.2 Å². The van der Waals surface area contributed by atoms with Gasteiger partial charge >= 0.3 is 0 Å². The van der Waals surface area contributed by atoms with Crippen LogP contribution >= 0.6 is 11.6 Å². The molecule has 0 amide bonds. The van der Waals surface area contributed by atoms with Crippen molar-refractivity contribution in [2.24, 2.45) is 5.10 Å². The molecule has 0 aliphatic carbocycles. The summed E-state index contributed by atoms with van der Waals surface area (Å²) < 4.78 is 0. The van der Waals surface area contributed by atoms with Crippen LogP contribution in [0.3, 0.4) is 0 Å². The zero-order valence-electron chi connectivity index (χ0n) is 22.4. The monoisotopic (exact) mass is 592 g/mol. The number of hydrogen-bond acceptors (Lipinski definition) is 4. The molecule has 0 atom stereocenters. The molecule has 6 heteroatoms. The van der Waals surface area contributed by atoms with Gasteiger partial charge in [-0.1, -0.05) is 73.1 Å². The molecule has 195 valence electrons. The van der Waals surface area contributed by atoms with E-state index in [0.717, 1.165) is 42.6 Å². The summed E-state index contributed by atoms with van der Waals surface area (Å²) in [5.74, 6) is 0. The number of hydrazone groups is 1. The number of benzene rings is 2. The molecule has 37 heavy (non-hydrogen) atoms. The van der Waals surface area contributed by atoms with Crippen LogP contribution in [0.15, 0.2) is 72.5 Å². The molecule has 2 aromatic carbocycles. The van der Waals surface area contributed by atoms with Gasteiger partial charge in [-0.3, -0.25) is 5.43 Å². The third-order valence-electron chi connectivity index (χ3n) is 6.76. The molecule has 0 saturated carbocycles. The van der Waals surface area contributed by atoms with Crippen molar-refractivity contribution in [2.45, 2.75) is 52.4 Å². The van der Waals surface area contributed by atoms with Crippen LogP contribution in [0.5, 0.6) is 0 Å². The second kappa shape index (κ2) is 17.0. The Kier molecular flexibility index (Phi) is 14.5. The van der Waals surface area contributed by atoms with E-state index in [1.165, 1.54) is 54.6 Å². The van der Waals surface area contributed by atoms with E-state index in [9.17, 15) is 0 Å². The molecule has 1 heterocycles.